The first kappa shape index (κ1) is 26.3. The second-order valence-electron chi connectivity index (χ2n) is 10.0. The van der Waals surface area contributed by atoms with E-state index in [9.17, 15) is 4.79 Å². The highest BCUT2D eigenvalue weighted by Gasteiger charge is 2.39. The number of aromatic nitrogens is 1. The molecule has 0 saturated carbocycles. The van der Waals surface area contributed by atoms with Crippen molar-refractivity contribution in [3.8, 4) is 0 Å². The van der Waals surface area contributed by atoms with Crippen LogP contribution >= 0.6 is 11.5 Å². The first-order chi connectivity index (χ1) is 17.4. The van der Waals surface area contributed by atoms with Crippen LogP contribution in [0.5, 0.6) is 0 Å². The molecule has 11 heteroatoms. The van der Waals surface area contributed by atoms with E-state index in [-0.39, 0.29) is 18.9 Å². The average Bonchev–Trinajstić information content (AvgIpc) is 3.33. The fourth-order valence-corrected chi connectivity index (χ4v) is 7.11. The molecule has 196 valence electrons. The molecule has 1 aromatic heterocycles. The van der Waals surface area contributed by atoms with Gasteiger partial charge in [-0.3, -0.25) is 19.3 Å². The van der Waals surface area contributed by atoms with Crippen LogP contribution in [0.25, 0.3) is 10.1 Å². The molecule has 0 radical (unpaired) electrons. The number of carboxylic acid groups (broad SMARTS) is 2. The summed E-state index contributed by atoms with van der Waals surface area (Å²) in [4.78, 5) is 39.7. The molecule has 36 heavy (non-hydrogen) atoms. The molecule has 0 aliphatic carbocycles. The lowest BCUT2D eigenvalue weighted by atomic mass is 9.83. The Balaban J connectivity index is 0.000000464. The third kappa shape index (κ3) is 5.18. The second kappa shape index (κ2) is 11.5. The highest BCUT2D eigenvalue weighted by Crippen LogP contribution is 2.36. The van der Waals surface area contributed by atoms with Crippen molar-refractivity contribution < 1.29 is 24.6 Å². The maximum absolute atomic E-state index is 13.4. The number of benzene rings is 1. The molecule has 1 aromatic carbocycles. The Morgan fingerprint density at radius 3 is 2.28 bits per heavy atom. The zero-order valence-electron chi connectivity index (χ0n) is 20.8. The van der Waals surface area contributed by atoms with Crippen LogP contribution in [-0.4, -0.2) is 113 Å². The molecule has 0 unspecified atom stereocenters. The summed E-state index contributed by atoms with van der Waals surface area (Å²) in [6, 6.07) is 8.21. The number of carbonyl (C=O) groups is 3. The molecule has 0 spiro atoms. The molecule has 4 bridgehead atoms. The van der Waals surface area contributed by atoms with Gasteiger partial charge in [0.2, 0.25) is 0 Å². The number of fused-ring (bicyclic) bond motifs is 7. The molecule has 10 nitrogen and oxygen atoms in total. The predicted octanol–water partition coefficient (Wildman–Crippen LogP) is 2.15. The molecule has 2 N–H and O–H groups in total. The molecule has 6 aliphatic heterocycles. The predicted molar refractivity (Wildman–Crippen MR) is 139 cm³/mol. The topological polar surface area (TPSA) is 118 Å². The van der Waals surface area contributed by atoms with Crippen molar-refractivity contribution >= 4 is 46.2 Å². The van der Waals surface area contributed by atoms with Crippen LogP contribution in [0.1, 0.15) is 36.2 Å². The Hall–Kier alpha value is -2.76. The van der Waals surface area contributed by atoms with Crippen LogP contribution in [0.4, 0.5) is 5.69 Å². The molecule has 6 saturated heterocycles. The standard InChI is InChI=1S/C23H31N5OS.2CH2O2/c1-25-12-18-4-3-17(25)13-28(18)16-5-6-19-21(11-16)30-24-22(19)23(29)26(2)20-14-27-9-7-15(20)8-10-27;2*2-1-3/h5-6,11,15,17-18,20H,3-4,7-10,12-14H2,1-2H3;2*1H,(H,2,3)/t17-,18-,20+;;/m0../s1. The van der Waals surface area contributed by atoms with E-state index in [0.29, 0.717) is 29.7 Å². The van der Waals surface area contributed by atoms with Crippen LogP contribution in [0, 0.1) is 5.92 Å². The Morgan fingerprint density at radius 2 is 1.72 bits per heavy atom. The van der Waals surface area contributed by atoms with Gasteiger partial charge in [-0.1, -0.05) is 0 Å². The quantitative estimate of drug-likeness (QED) is 0.591. The van der Waals surface area contributed by atoms with Gasteiger partial charge in [0, 0.05) is 55.9 Å². The van der Waals surface area contributed by atoms with Crippen molar-refractivity contribution in [2.75, 3.05) is 51.7 Å². The van der Waals surface area contributed by atoms with Gasteiger partial charge in [0.15, 0.2) is 0 Å². The van der Waals surface area contributed by atoms with Crippen LogP contribution in [-0.2, 0) is 9.59 Å². The zero-order valence-corrected chi connectivity index (χ0v) is 21.6. The summed E-state index contributed by atoms with van der Waals surface area (Å²) < 4.78 is 5.76. The summed E-state index contributed by atoms with van der Waals surface area (Å²) in [7, 11) is 4.24. The Bertz CT molecular complexity index is 1070. The Kier molecular flexibility index (Phi) is 8.43. The van der Waals surface area contributed by atoms with E-state index < -0.39 is 0 Å². The van der Waals surface area contributed by atoms with Gasteiger partial charge < -0.3 is 24.9 Å². The number of hydrogen-bond acceptors (Lipinski definition) is 8. The van der Waals surface area contributed by atoms with Gasteiger partial charge in [0.05, 0.1) is 4.70 Å². The van der Waals surface area contributed by atoms with E-state index in [1.807, 2.05) is 11.9 Å². The number of likely N-dealkylation sites (N-methyl/N-ethyl adjacent to an activating group) is 2. The van der Waals surface area contributed by atoms with Gasteiger partial charge in [-0.25, -0.2) is 0 Å². The fourth-order valence-electron chi connectivity index (χ4n) is 6.30. The molecule has 6 fully saturated rings. The summed E-state index contributed by atoms with van der Waals surface area (Å²) in [5.41, 5.74) is 1.93. The lowest BCUT2D eigenvalue weighted by molar-refractivity contribution is -0.123. The molecule has 7 heterocycles. The number of piperazine rings is 1. The van der Waals surface area contributed by atoms with Crippen molar-refractivity contribution in [1.82, 2.24) is 19.1 Å². The summed E-state index contributed by atoms with van der Waals surface area (Å²) in [6.07, 6.45) is 5.03. The van der Waals surface area contributed by atoms with E-state index in [4.69, 9.17) is 19.8 Å². The lowest BCUT2D eigenvalue weighted by Crippen LogP contribution is -2.61. The van der Waals surface area contributed by atoms with E-state index >= 15 is 0 Å². The van der Waals surface area contributed by atoms with Crippen molar-refractivity contribution in [2.45, 2.75) is 43.8 Å². The second-order valence-corrected chi connectivity index (χ2v) is 10.8. The maximum Gasteiger partial charge on any atom is 0.290 e. The number of nitrogens with zero attached hydrogens (tertiary/aromatic N) is 5. The van der Waals surface area contributed by atoms with Crippen molar-refractivity contribution in [2.24, 2.45) is 5.92 Å². The van der Waals surface area contributed by atoms with Crippen LogP contribution in [0.15, 0.2) is 18.2 Å². The number of anilines is 1. The number of rotatable bonds is 3. The van der Waals surface area contributed by atoms with E-state index in [0.717, 1.165) is 29.7 Å². The van der Waals surface area contributed by atoms with Crippen molar-refractivity contribution in [3.63, 3.8) is 0 Å². The Morgan fingerprint density at radius 1 is 1.06 bits per heavy atom. The first-order valence-electron chi connectivity index (χ1n) is 12.4. The molecule has 6 aliphatic rings. The SMILES string of the molecule is CN1C[C@@H]2CC[C@H]1CN2c1ccc2c(C(=O)N(C)[C@@H]3CN4CCC3CC4)nsc2c1.O=CO.O=CO. The van der Waals surface area contributed by atoms with Crippen molar-refractivity contribution in [3.05, 3.63) is 23.9 Å². The molecule has 2 aromatic rings. The Labute approximate surface area is 215 Å². The minimum absolute atomic E-state index is 0.0893. The molecular formula is C25H35N5O5S. The molecule has 3 atom stereocenters. The monoisotopic (exact) mass is 517 g/mol. The minimum Gasteiger partial charge on any atom is -0.483 e. The smallest absolute Gasteiger partial charge is 0.290 e. The highest BCUT2D eigenvalue weighted by molar-refractivity contribution is 7.13. The van der Waals surface area contributed by atoms with Gasteiger partial charge in [0.1, 0.15) is 5.69 Å². The van der Waals surface area contributed by atoms with Crippen LogP contribution in [0.2, 0.25) is 0 Å². The van der Waals surface area contributed by atoms with Gasteiger partial charge in [-0.2, -0.15) is 4.37 Å². The summed E-state index contributed by atoms with van der Waals surface area (Å²) in [5, 5.41) is 14.8. The van der Waals surface area contributed by atoms with Crippen LogP contribution in [0.3, 0.4) is 0 Å². The average molecular weight is 518 g/mol. The fraction of sp³-hybridized carbons (Fsp3) is 0.600. The minimum atomic E-state index is -0.250. The molecule has 8 rings (SSSR count). The van der Waals surface area contributed by atoms with Gasteiger partial charge in [-0.05, 0) is 81.5 Å². The highest BCUT2D eigenvalue weighted by atomic mass is 32.1. The van der Waals surface area contributed by atoms with E-state index in [2.05, 4.69) is 44.3 Å². The van der Waals surface area contributed by atoms with Crippen molar-refractivity contribution in [1.29, 1.82) is 0 Å². The number of piperidine rings is 5. The largest absolute Gasteiger partial charge is 0.483 e. The molecular weight excluding hydrogens is 482 g/mol. The zero-order chi connectivity index (χ0) is 25.8. The lowest BCUT2D eigenvalue weighted by Gasteiger charge is -2.51. The normalized spacial score (nSPS) is 28.5. The van der Waals surface area contributed by atoms with Gasteiger partial charge >= 0.3 is 0 Å². The number of amides is 1. The van der Waals surface area contributed by atoms with E-state index in [1.165, 1.54) is 56.0 Å². The van der Waals surface area contributed by atoms with E-state index in [1.54, 1.807) is 0 Å². The third-order valence-corrected chi connectivity index (χ3v) is 9.04. The third-order valence-electron chi connectivity index (χ3n) is 8.23. The van der Waals surface area contributed by atoms with Crippen LogP contribution < -0.4 is 4.90 Å². The van der Waals surface area contributed by atoms with Gasteiger partial charge in [0.25, 0.3) is 18.9 Å². The summed E-state index contributed by atoms with van der Waals surface area (Å²) >= 11 is 1.48. The first-order valence-corrected chi connectivity index (χ1v) is 13.2. The molecule has 1 amide bonds. The number of carbonyl (C=O) groups excluding carboxylic acids is 1. The summed E-state index contributed by atoms with van der Waals surface area (Å²) in [6.45, 7) is 5.17. The van der Waals surface area contributed by atoms with Gasteiger partial charge in [-0.15, -0.1) is 0 Å². The summed E-state index contributed by atoms with van der Waals surface area (Å²) in [5.74, 6) is 0.736. The maximum atomic E-state index is 13.4. The number of hydrogen-bond donors (Lipinski definition) is 2.